The van der Waals surface area contributed by atoms with E-state index in [1.54, 1.807) is 6.07 Å². The van der Waals surface area contributed by atoms with Crippen molar-refractivity contribution in [3.05, 3.63) is 35.6 Å². The van der Waals surface area contributed by atoms with Gasteiger partial charge in [-0.05, 0) is 36.5 Å². The van der Waals surface area contributed by atoms with Gasteiger partial charge in [0.1, 0.15) is 12.4 Å². The van der Waals surface area contributed by atoms with Crippen molar-refractivity contribution < 1.29 is 18.7 Å². The summed E-state index contributed by atoms with van der Waals surface area (Å²) in [5.74, 6) is 0.405. The van der Waals surface area contributed by atoms with Gasteiger partial charge in [0.15, 0.2) is 0 Å². The molecule has 1 amide bonds. The third kappa shape index (κ3) is 3.86. The highest BCUT2D eigenvalue weighted by Crippen LogP contribution is 2.27. The van der Waals surface area contributed by atoms with Crippen molar-refractivity contribution >= 4 is 5.91 Å². The molecule has 3 saturated heterocycles. The number of ether oxygens (including phenoxy) is 2. The fourth-order valence-electron chi connectivity index (χ4n) is 4.22. The first kappa shape index (κ1) is 16.9. The fourth-order valence-corrected chi connectivity index (χ4v) is 4.22. The van der Waals surface area contributed by atoms with Crippen LogP contribution in [0.4, 0.5) is 4.39 Å². The summed E-state index contributed by atoms with van der Waals surface area (Å²) in [6.07, 6.45) is 2.28. The Kier molecular flexibility index (Phi) is 5.01. The van der Waals surface area contributed by atoms with Crippen LogP contribution >= 0.6 is 0 Å². The van der Waals surface area contributed by atoms with Gasteiger partial charge in [0, 0.05) is 39.4 Å². The summed E-state index contributed by atoms with van der Waals surface area (Å²) in [5.41, 5.74) is 0.830. The number of benzene rings is 1. The predicted molar refractivity (Wildman–Crippen MR) is 90.5 cm³/mol. The highest BCUT2D eigenvalue weighted by molar-refractivity contribution is 5.78. The molecule has 136 valence electrons. The van der Waals surface area contributed by atoms with Gasteiger partial charge in [-0.3, -0.25) is 9.69 Å². The molecule has 3 heterocycles. The molecule has 0 aromatic heterocycles. The molecule has 3 fully saturated rings. The molecule has 0 N–H and O–H groups in total. The molecule has 0 radical (unpaired) electrons. The number of halogens is 1. The fraction of sp³-hybridized carbons (Fsp3) is 0.632. The first-order valence-electron chi connectivity index (χ1n) is 9.14. The SMILES string of the molecule is O=C1CO[C@@H]2CN(CC3CCOCC3)C[C@H]2N1Cc1cccc(F)c1. The smallest absolute Gasteiger partial charge is 0.249 e. The lowest BCUT2D eigenvalue weighted by molar-refractivity contribution is -0.153. The molecular formula is C19H25FN2O3. The highest BCUT2D eigenvalue weighted by Gasteiger charge is 2.43. The largest absolute Gasteiger partial charge is 0.381 e. The van der Waals surface area contributed by atoms with Gasteiger partial charge in [-0.15, -0.1) is 0 Å². The van der Waals surface area contributed by atoms with Gasteiger partial charge in [0.05, 0.1) is 12.1 Å². The molecule has 0 spiro atoms. The van der Waals surface area contributed by atoms with E-state index in [2.05, 4.69) is 4.90 Å². The zero-order chi connectivity index (χ0) is 17.2. The standard InChI is InChI=1S/C19H25FN2O3/c20-16-3-1-2-15(8-16)10-22-17-11-21(9-14-4-6-24-7-5-14)12-18(17)25-13-19(22)23/h1-3,8,14,17-18H,4-7,9-13H2/t17-,18-/m1/s1. The highest BCUT2D eigenvalue weighted by atomic mass is 19.1. The van der Waals surface area contributed by atoms with Crippen LogP contribution < -0.4 is 0 Å². The van der Waals surface area contributed by atoms with Crippen LogP contribution in [0.5, 0.6) is 0 Å². The molecule has 0 saturated carbocycles. The van der Waals surface area contributed by atoms with Gasteiger partial charge >= 0.3 is 0 Å². The molecule has 1 aromatic carbocycles. The molecule has 3 aliphatic rings. The van der Waals surface area contributed by atoms with Gasteiger partial charge in [-0.25, -0.2) is 4.39 Å². The molecule has 3 aliphatic heterocycles. The molecule has 4 rings (SSSR count). The molecule has 25 heavy (non-hydrogen) atoms. The number of nitrogens with zero attached hydrogens (tertiary/aromatic N) is 2. The van der Waals surface area contributed by atoms with E-state index in [-0.39, 0.29) is 30.5 Å². The molecule has 5 nitrogen and oxygen atoms in total. The average molecular weight is 348 g/mol. The number of carbonyl (C=O) groups is 1. The van der Waals surface area contributed by atoms with E-state index < -0.39 is 0 Å². The quantitative estimate of drug-likeness (QED) is 0.830. The van der Waals surface area contributed by atoms with E-state index in [4.69, 9.17) is 9.47 Å². The van der Waals surface area contributed by atoms with Crippen LogP contribution in [0.1, 0.15) is 18.4 Å². The maximum absolute atomic E-state index is 13.5. The summed E-state index contributed by atoms with van der Waals surface area (Å²) in [6.45, 7) is 5.03. The van der Waals surface area contributed by atoms with E-state index >= 15 is 0 Å². The van der Waals surface area contributed by atoms with E-state index in [0.717, 1.165) is 51.3 Å². The van der Waals surface area contributed by atoms with Crippen molar-refractivity contribution in [1.82, 2.24) is 9.80 Å². The van der Waals surface area contributed by atoms with Crippen LogP contribution in [0.2, 0.25) is 0 Å². The van der Waals surface area contributed by atoms with Crippen LogP contribution in [-0.4, -0.2) is 67.3 Å². The van der Waals surface area contributed by atoms with Crippen LogP contribution in [-0.2, 0) is 20.8 Å². The minimum absolute atomic E-state index is 0.00146. The lowest BCUT2D eigenvalue weighted by atomic mass is 10.00. The van der Waals surface area contributed by atoms with Crippen molar-refractivity contribution in [2.24, 2.45) is 5.92 Å². The molecule has 1 aromatic rings. The van der Waals surface area contributed by atoms with Crippen molar-refractivity contribution in [2.75, 3.05) is 39.5 Å². The minimum atomic E-state index is -0.262. The molecule has 2 atom stereocenters. The summed E-state index contributed by atoms with van der Waals surface area (Å²) in [6, 6.07) is 6.56. The number of fused-ring (bicyclic) bond motifs is 1. The maximum Gasteiger partial charge on any atom is 0.249 e. The van der Waals surface area contributed by atoms with Crippen LogP contribution in [0.25, 0.3) is 0 Å². The van der Waals surface area contributed by atoms with Crippen molar-refractivity contribution in [2.45, 2.75) is 31.5 Å². The lowest BCUT2D eigenvalue weighted by Gasteiger charge is -2.36. The normalized spacial score (nSPS) is 28.4. The monoisotopic (exact) mass is 348 g/mol. The number of rotatable bonds is 4. The maximum atomic E-state index is 13.5. The molecule has 0 bridgehead atoms. The summed E-state index contributed by atoms with van der Waals surface area (Å²) < 4.78 is 24.7. The van der Waals surface area contributed by atoms with Crippen LogP contribution in [0, 0.1) is 11.7 Å². The zero-order valence-electron chi connectivity index (χ0n) is 14.4. The van der Waals surface area contributed by atoms with Gasteiger partial charge in [-0.2, -0.15) is 0 Å². The first-order valence-corrected chi connectivity index (χ1v) is 9.14. The van der Waals surface area contributed by atoms with Gasteiger partial charge in [0.25, 0.3) is 0 Å². The Hall–Kier alpha value is -1.50. The Morgan fingerprint density at radius 2 is 2.04 bits per heavy atom. The van der Waals surface area contributed by atoms with Crippen LogP contribution in [0.15, 0.2) is 24.3 Å². The molecule has 0 aliphatic carbocycles. The second kappa shape index (κ2) is 7.40. The first-order chi connectivity index (χ1) is 12.2. The van der Waals surface area contributed by atoms with Crippen molar-refractivity contribution in [1.29, 1.82) is 0 Å². The summed E-state index contributed by atoms with van der Waals surface area (Å²) in [4.78, 5) is 16.7. The Balaban J connectivity index is 1.42. The van der Waals surface area contributed by atoms with Crippen molar-refractivity contribution in [3.8, 4) is 0 Å². The third-order valence-corrected chi connectivity index (χ3v) is 5.55. The Bertz CT molecular complexity index is 620. The molecule has 0 unspecified atom stereocenters. The van der Waals surface area contributed by atoms with Gasteiger partial charge in [0.2, 0.25) is 5.91 Å². The number of hydrogen-bond acceptors (Lipinski definition) is 4. The topological polar surface area (TPSA) is 42.0 Å². The third-order valence-electron chi connectivity index (χ3n) is 5.55. The van der Waals surface area contributed by atoms with Crippen molar-refractivity contribution in [3.63, 3.8) is 0 Å². The second-order valence-corrected chi connectivity index (χ2v) is 7.34. The summed E-state index contributed by atoms with van der Waals surface area (Å²) >= 11 is 0. The number of morpholine rings is 1. The number of hydrogen-bond donors (Lipinski definition) is 0. The van der Waals surface area contributed by atoms with E-state index in [1.165, 1.54) is 12.1 Å². The van der Waals surface area contributed by atoms with Gasteiger partial charge < -0.3 is 14.4 Å². The Morgan fingerprint density at radius 3 is 2.84 bits per heavy atom. The summed E-state index contributed by atoms with van der Waals surface area (Å²) in [7, 11) is 0. The lowest BCUT2D eigenvalue weighted by Crippen LogP contribution is -2.53. The second-order valence-electron chi connectivity index (χ2n) is 7.34. The van der Waals surface area contributed by atoms with E-state index in [1.807, 2.05) is 11.0 Å². The number of amides is 1. The molecule has 6 heteroatoms. The Labute approximate surface area is 147 Å². The minimum Gasteiger partial charge on any atom is -0.381 e. The number of likely N-dealkylation sites (tertiary alicyclic amines) is 1. The number of carbonyl (C=O) groups excluding carboxylic acids is 1. The zero-order valence-corrected chi connectivity index (χ0v) is 14.4. The summed E-state index contributed by atoms with van der Waals surface area (Å²) in [5, 5.41) is 0. The van der Waals surface area contributed by atoms with E-state index in [9.17, 15) is 9.18 Å². The predicted octanol–water partition coefficient (Wildman–Crippen LogP) is 1.66. The Morgan fingerprint density at radius 1 is 1.20 bits per heavy atom. The molecular weight excluding hydrogens is 323 g/mol. The van der Waals surface area contributed by atoms with E-state index in [0.29, 0.717) is 12.5 Å². The van der Waals surface area contributed by atoms with Crippen LogP contribution in [0.3, 0.4) is 0 Å². The van der Waals surface area contributed by atoms with Gasteiger partial charge in [-0.1, -0.05) is 12.1 Å². The average Bonchev–Trinajstić information content (AvgIpc) is 3.01.